The molecule has 9 heteroatoms. The maximum Gasteiger partial charge on any atom is 0.328 e. The van der Waals surface area contributed by atoms with Crippen molar-refractivity contribution in [3.05, 3.63) is 27.9 Å². The smallest absolute Gasteiger partial charge is 0.328 e. The standard InChI is InChI=1S/C12H11N5O4/c1-16-9(18)3-2-8(12(16)19)15-11-10(17(20)21)7(6-13)4-5-14-11/h4-5,8H,2-3H2,1H3,(H,14,15). The highest BCUT2D eigenvalue weighted by Crippen LogP contribution is 2.27. The van der Waals surface area contributed by atoms with Crippen molar-refractivity contribution >= 4 is 23.3 Å². The number of nitriles is 1. The molecule has 0 saturated carbocycles. The molecule has 1 aromatic heterocycles. The summed E-state index contributed by atoms with van der Waals surface area (Å²) in [6, 6.07) is 2.15. The number of rotatable bonds is 3. The molecule has 1 aliphatic rings. The summed E-state index contributed by atoms with van der Waals surface area (Å²) in [5.41, 5.74) is -0.627. The van der Waals surface area contributed by atoms with Crippen molar-refractivity contribution in [2.45, 2.75) is 18.9 Å². The van der Waals surface area contributed by atoms with Crippen molar-refractivity contribution in [2.75, 3.05) is 12.4 Å². The predicted octanol–water partition coefficient (Wildman–Crippen LogP) is 0.421. The number of likely N-dealkylation sites (N-methyl/N-ethyl adjacent to an activating group) is 1. The van der Waals surface area contributed by atoms with Crippen LogP contribution in [0, 0.1) is 21.4 Å². The molecule has 0 aliphatic carbocycles. The Labute approximate surface area is 119 Å². The molecule has 1 unspecified atom stereocenters. The Morgan fingerprint density at radius 1 is 1.57 bits per heavy atom. The van der Waals surface area contributed by atoms with Crippen molar-refractivity contribution in [1.82, 2.24) is 9.88 Å². The summed E-state index contributed by atoms with van der Waals surface area (Å²) in [5, 5.41) is 22.6. The van der Waals surface area contributed by atoms with E-state index in [1.54, 1.807) is 6.07 Å². The number of carbonyl (C=O) groups excluding carboxylic acids is 2. The van der Waals surface area contributed by atoms with Crippen LogP contribution >= 0.6 is 0 Å². The lowest BCUT2D eigenvalue weighted by molar-refractivity contribution is -0.384. The Bertz CT molecular complexity index is 666. The average molecular weight is 289 g/mol. The minimum Gasteiger partial charge on any atom is -0.353 e. The lowest BCUT2D eigenvalue weighted by Crippen LogP contribution is -2.48. The van der Waals surface area contributed by atoms with Gasteiger partial charge in [0.15, 0.2) is 0 Å². The normalized spacial score (nSPS) is 18.3. The van der Waals surface area contributed by atoms with E-state index < -0.39 is 22.6 Å². The van der Waals surface area contributed by atoms with Crippen molar-refractivity contribution in [3.63, 3.8) is 0 Å². The molecule has 2 rings (SSSR count). The molecule has 1 atom stereocenters. The van der Waals surface area contributed by atoms with Gasteiger partial charge in [0.05, 0.1) is 4.92 Å². The SMILES string of the molecule is CN1C(=O)CCC(Nc2nccc(C#N)c2[N+](=O)[O-])C1=O. The predicted molar refractivity (Wildman–Crippen MR) is 70.0 cm³/mol. The van der Waals surface area contributed by atoms with E-state index >= 15 is 0 Å². The number of imide groups is 1. The summed E-state index contributed by atoms with van der Waals surface area (Å²) in [6.07, 6.45) is 1.62. The molecule has 1 saturated heterocycles. The molecule has 9 nitrogen and oxygen atoms in total. The Morgan fingerprint density at radius 2 is 2.29 bits per heavy atom. The molecule has 0 spiro atoms. The van der Waals surface area contributed by atoms with Crippen LogP contribution in [-0.2, 0) is 9.59 Å². The van der Waals surface area contributed by atoms with Crippen LogP contribution in [0.25, 0.3) is 0 Å². The minimum absolute atomic E-state index is 0.148. The Hall–Kier alpha value is -3.02. The second-order valence-electron chi connectivity index (χ2n) is 4.45. The number of nitro groups is 1. The molecule has 0 aromatic carbocycles. The van der Waals surface area contributed by atoms with Crippen LogP contribution in [0.4, 0.5) is 11.5 Å². The lowest BCUT2D eigenvalue weighted by Gasteiger charge is -2.28. The number of carbonyl (C=O) groups is 2. The molecule has 0 radical (unpaired) electrons. The fourth-order valence-corrected chi connectivity index (χ4v) is 2.05. The third kappa shape index (κ3) is 2.64. The summed E-state index contributed by atoms with van der Waals surface area (Å²) >= 11 is 0. The van der Waals surface area contributed by atoms with Gasteiger partial charge in [-0.1, -0.05) is 0 Å². The topological polar surface area (TPSA) is 129 Å². The minimum atomic E-state index is -0.784. The zero-order chi connectivity index (χ0) is 15.6. The van der Waals surface area contributed by atoms with E-state index in [2.05, 4.69) is 10.3 Å². The van der Waals surface area contributed by atoms with Gasteiger partial charge in [0.2, 0.25) is 11.7 Å². The van der Waals surface area contributed by atoms with Crippen molar-refractivity contribution in [1.29, 1.82) is 5.26 Å². The second-order valence-corrected chi connectivity index (χ2v) is 4.45. The van der Waals surface area contributed by atoms with Crippen LogP contribution in [0.2, 0.25) is 0 Å². The number of anilines is 1. The van der Waals surface area contributed by atoms with Crippen LogP contribution in [0.1, 0.15) is 18.4 Å². The molecule has 1 aliphatic heterocycles. The largest absolute Gasteiger partial charge is 0.353 e. The van der Waals surface area contributed by atoms with E-state index in [0.717, 1.165) is 4.90 Å². The quantitative estimate of drug-likeness (QED) is 0.485. The third-order valence-corrected chi connectivity index (χ3v) is 3.19. The maximum absolute atomic E-state index is 12.0. The third-order valence-electron chi connectivity index (χ3n) is 3.19. The van der Waals surface area contributed by atoms with Crippen LogP contribution in [0.15, 0.2) is 12.3 Å². The zero-order valence-corrected chi connectivity index (χ0v) is 11.1. The van der Waals surface area contributed by atoms with Crippen molar-refractivity contribution in [3.8, 4) is 6.07 Å². The zero-order valence-electron chi connectivity index (χ0n) is 11.1. The number of aromatic nitrogens is 1. The number of nitrogens with zero attached hydrogens (tertiary/aromatic N) is 4. The van der Waals surface area contributed by atoms with Crippen molar-refractivity contribution < 1.29 is 14.5 Å². The summed E-state index contributed by atoms with van der Waals surface area (Å²) in [4.78, 5) is 38.5. The van der Waals surface area contributed by atoms with E-state index in [9.17, 15) is 19.7 Å². The van der Waals surface area contributed by atoms with E-state index in [4.69, 9.17) is 5.26 Å². The van der Waals surface area contributed by atoms with Gasteiger partial charge in [0.1, 0.15) is 17.7 Å². The molecule has 21 heavy (non-hydrogen) atoms. The Morgan fingerprint density at radius 3 is 2.90 bits per heavy atom. The molecule has 108 valence electrons. The van der Waals surface area contributed by atoms with Gasteiger partial charge in [-0.15, -0.1) is 0 Å². The Balaban J connectivity index is 2.32. The highest BCUT2D eigenvalue weighted by Gasteiger charge is 2.33. The molecule has 1 aromatic rings. The van der Waals surface area contributed by atoms with E-state index in [-0.39, 0.29) is 30.1 Å². The fourth-order valence-electron chi connectivity index (χ4n) is 2.05. The molecule has 2 heterocycles. The Kier molecular flexibility index (Phi) is 3.80. The van der Waals surface area contributed by atoms with Crippen LogP contribution in [0.5, 0.6) is 0 Å². The number of hydrogen-bond donors (Lipinski definition) is 1. The average Bonchev–Trinajstić information content (AvgIpc) is 2.47. The molecule has 2 amide bonds. The van der Waals surface area contributed by atoms with Gasteiger partial charge >= 0.3 is 5.69 Å². The van der Waals surface area contributed by atoms with Gasteiger partial charge in [-0.25, -0.2) is 4.98 Å². The fraction of sp³-hybridized carbons (Fsp3) is 0.333. The number of hydrogen-bond acceptors (Lipinski definition) is 7. The van der Waals surface area contributed by atoms with E-state index in [1.807, 2.05) is 0 Å². The summed E-state index contributed by atoms with van der Waals surface area (Å²) in [6.45, 7) is 0. The van der Waals surface area contributed by atoms with Gasteiger partial charge in [0.25, 0.3) is 5.91 Å². The maximum atomic E-state index is 12.0. The number of amides is 2. The molecular weight excluding hydrogens is 278 g/mol. The van der Waals surface area contributed by atoms with Gasteiger partial charge < -0.3 is 5.32 Å². The number of piperidine rings is 1. The first-order valence-electron chi connectivity index (χ1n) is 6.06. The first kappa shape index (κ1) is 14.4. The summed E-state index contributed by atoms with van der Waals surface area (Å²) in [5.74, 6) is -0.934. The molecule has 0 bridgehead atoms. The number of likely N-dealkylation sites (tertiary alicyclic amines) is 1. The molecule has 1 N–H and O–H groups in total. The first-order chi connectivity index (χ1) is 9.95. The highest BCUT2D eigenvalue weighted by atomic mass is 16.6. The first-order valence-corrected chi connectivity index (χ1v) is 6.06. The number of nitrogens with one attached hydrogen (secondary N) is 1. The highest BCUT2D eigenvalue weighted by molar-refractivity contribution is 6.01. The van der Waals surface area contributed by atoms with Crippen LogP contribution in [0.3, 0.4) is 0 Å². The summed E-state index contributed by atoms with van der Waals surface area (Å²) in [7, 11) is 1.35. The second kappa shape index (κ2) is 5.54. The molecular formula is C12H11N5O4. The van der Waals surface area contributed by atoms with Crippen molar-refractivity contribution in [2.24, 2.45) is 0 Å². The van der Waals surface area contributed by atoms with Gasteiger partial charge in [-0.05, 0) is 12.5 Å². The number of pyridine rings is 1. The molecule has 1 fully saturated rings. The van der Waals surface area contributed by atoms with Gasteiger partial charge in [-0.3, -0.25) is 24.6 Å². The van der Waals surface area contributed by atoms with E-state index in [1.165, 1.54) is 19.3 Å². The monoisotopic (exact) mass is 289 g/mol. The van der Waals surface area contributed by atoms with Crippen LogP contribution in [-0.4, -0.2) is 39.7 Å². The van der Waals surface area contributed by atoms with E-state index in [0.29, 0.717) is 0 Å². The van der Waals surface area contributed by atoms with Crippen LogP contribution < -0.4 is 5.32 Å². The van der Waals surface area contributed by atoms with Gasteiger partial charge in [0, 0.05) is 19.7 Å². The lowest BCUT2D eigenvalue weighted by atomic mass is 10.0. The van der Waals surface area contributed by atoms with Gasteiger partial charge in [-0.2, -0.15) is 5.26 Å². The summed E-state index contributed by atoms with van der Waals surface area (Å²) < 4.78 is 0.